The molecule has 0 fully saturated rings. The summed E-state index contributed by atoms with van der Waals surface area (Å²) < 4.78 is 0. The summed E-state index contributed by atoms with van der Waals surface area (Å²) in [7, 11) is 0. The molecule has 0 bridgehead atoms. The number of aromatic nitrogens is 2. The van der Waals surface area contributed by atoms with Crippen molar-refractivity contribution < 1.29 is 0 Å². The Kier molecular flexibility index (Phi) is 4.54. The number of nitrogens with zero attached hydrogens (tertiary/aromatic N) is 1. The van der Waals surface area contributed by atoms with E-state index in [4.69, 9.17) is 0 Å². The van der Waals surface area contributed by atoms with Gasteiger partial charge in [0.1, 0.15) is 5.82 Å². The Balaban J connectivity index is 3.02. The van der Waals surface area contributed by atoms with E-state index in [0.717, 1.165) is 13.1 Å². The topological polar surface area (TPSA) is 69.0 Å². The van der Waals surface area contributed by atoms with Crippen LogP contribution in [0.5, 0.6) is 0 Å². The van der Waals surface area contributed by atoms with E-state index in [1.54, 1.807) is 0 Å². The van der Waals surface area contributed by atoms with Crippen LogP contribution < -0.4 is 16.1 Å². The molecule has 5 nitrogen and oxygen atoms in total. The van der Waals surface area contributed by atoms with Gasteiger partial charge < -0.3 is 4.90 Å². The van der Waals surface area contributed by atoms with E-state index in [0.29, 0.717) is 17.7 Å². The van der Waals surface area contributed by atoms with Crippen LogP contribution in [0.3, 0.4) is 0 Å². The van der Waals surface area contributed by atoms with E-state index in [9.17, 15) is 9.59 Å². The second kappa shape index (κ2) is 5.70. The maximum absolute atomic E-state index is 11.3. The van der Waals surface area contributed by atoms with Gasteiger partial charge in [0.25, 0.3) is 5.56 Å². The minimum absolute atomic E-state index is 0.360. The number of rotatable bonds is 5. The van der Waals surface area contributed by atoms with E-state index >= 15 is 0 Å². The van der Waals surface area contributed by atoms with Crippen molar-refractivity contribution in [3.05, 3.63) is 26.9 Å². The van der Waals surface area contributed by atoms with E-state index < -0.39 is 5.69 Å². The highest BCUT2D eigenvalue weighted by Crippen LogP contribution is 2.11. The van der Waals surface area contributed by atoms with Crippen molar-refractivity contribution >= 4 is 5.82 Å². The van der Waals surface area contributed by atoms with Crippen LogP contribution >= 0.6 is 0 Å². The van der Waals surface area contributed by atoms with Crippen LogP contribution in [0.2, 0.25) is 0 Å². The van der Waals surface area contributed by atoms with Gasteiger partial charge in [-0.2, -0.15) is 0 Å². The lowest BCUT2D eigenvalue weighted by Gasteiger charge is -2.27. The largest absolute Gasteiger partial charge is 0.357 e. The lowest BCUT2D eigenvalue weighted by atomic mass is 10.1. The van der Waals surface area contributed by atoms with Crippen LogP contribution in [-0.2, 0) is 0 Å². The maximum atomic E-state index is 11.3. The molecular formula is C12H21N3O2. The highest BCUT2D eigenvalue weighted by Gasteiger charge is 2.12. The normalized spacial score (nSPS) is 11.2. The van der Waals surface area contributed by atoms with E-state index in [2.05, 4.69) is 37.7 Å². The summed E-state index contributed by atoms with van der Waals surface area (Å²) in [4.78, 5) is 29.4. The molecule has 17 heavy (non-hydrogen) atoms. The lowest BCUT2D eigenvalue weighted by Crippen LogP contribution is -2.35. The summed E-state index contributed by atoms with van der Waals surface area (Å²) in [5.41, 5.74) is -0.814. The molecule has 0 saturated carbocycles. The Morgan fingerprint density at radius 3 is 2.00 bits per heavy atom. The van der Waals surface area contributed by atoms with Gasteiger partial charge in [0.15, 0.2) is 0 Å². The van der Waals surface area contributed by atoms with Crippen molar-refractivity contribution in [1.82, 2.24) is 9.97 Å². The number of H-pyrrole nitrogens is 2. The summed E-state index contributed by atoms with van der Waals surface area (Å²) in [5, 5.41) is 0. The summed E-state index contributed by atoms with van der Waals surface area (Å²) in [6.45, 7) is 10.1. The van der Waals surface area contributed by atoms with Crippen molar-refractivity contribution in [3.63, 3.8) is 0 Å². The van der Waals surface area contributed by atoms with E-state index in [-0.39, 0.29) is 5.56 Å². The summed E-state index contributed by atoms with van der Waals surface area (Å²) in [6, 6.07) is 1.44. The second-order valence-corrected chi connectivity index (χ2v) is 5.17. The van der Waals surface area contributed by atoms with Crippen molar-refractivity contribution in [2.45, 2.75) is 27.7 Å². The Labute approximate surface area is 101 Å². The van der Waals surface area contributed by atoms with Crippen LogP contribution in [0.4, 0.5) is 5.82 Å². The van der Waals surface area contributed by atoms with Crippen LogP contribution in [0, 0.1) is 11.8 Å². The van der Waals surface area contributed by atoms with Crippen molar-refractivity contribution in [2.75, 3.05) is 18.0 Å². The Morgan fingerprint density at radius 1 is 1.06 bits per heavy atom. The van der Waals surface area contributed by atoms with Gasteiger partial charge in [-0.05, 0) is 11.8 Å². The third-order valence-corrected chi connectivity index (χ3v) is 2.26. The van der Waals surface area contributed by atoms with Gasteiger partial charge in [-0.25, -0.2) is 4.79 Å². The fourth-order valence-corrected chi connectivity index (χ4v) is 1.78. The molecule has 1 aromatic rings. The number of aromatic amines is 2. The Bertz CT molecular complexity index is 421. The van der Waals surface area contributed by atoms with Crippen molar-refractivity contribution in [2.24, 2.45) is 11.8 Å². The van der Waals surface area contributed by atoms with Gasteiger partial charge >= 0.3 is 5.69 Å². The third kappa shape index (κ3) is 4.46. The molecule has 1 aromatic heterocycles. The van der Waals surface area contributed by atoms with Crippen LogP contribution in [-0.4, -0.2) is 23.1 Å². The molecule has 0 radical (unpaired) electrons. The molecule has 0 amide bonds. The average molecular weight is 239 g/mol. The van der Waals surface area contributed by atoms with Crippen molar-refractivity contribution in [3.8, 4) is 0 Å². The summed E-state index contributed by atoms with van der Waals surface area (Å²) >= 11 is 0. The van der Waals surface area contributed by atoms with E-state index in [1.807, 2.05) is 4.90 Å². The minimum Gasteiger partial charge on any atom is -0.357 e. The average Bonchev–Trinajstić information content (AvgIpc) is 2.13. The number of nitrogens with one attached hydrogen (secondary N) is 2. The molecule has 0 aliphatic heterocycles. The highest BCUT2D eigenvalue weighted by molar-refractivity contribution is 5.36. The molecule has 0 aliphatic rings. The fourth-order valence-electron chi connectivity index (χ4n) is 1.78. The molecule has 0 atom stereocenters. The van der Waals surface area contributed by atoms with Gasteiger partial charge in [-0.1, -0.05) is 27.7 Å². The predicted molar refractivity (Wildman–Crippen MR) is 69.6 cm³/mol. The number of hydrogen-bond acceptors (Lipinski definition) is 3. The van der Waals surface area contributed by atoms with E-state index in [1.165, 1.54) is 6.07 Å². The molecule has 0 aromatic carbocycles. The maximum Gasteiger partial charge on any atom is 0.327 e. The standard InChI is InChI=1S/C12H21N3O2/c1-8(2)6-15(7-9(3)4)10-5-11(16)14-12(17)13-10/h5,8-9H,6-7H2,1-4H3,(H2,13,14,16,17). The second-order valence-electron chi connectivity index (χ2n) is 5.17. The summed E-state index contributed by atoms with van der Waals surface area (Å²) in [5.74, 6) is 1.54. The molecule has 0 unspecified atom stereocenters. The molecular weight excluding hydrogens is 218 g/mol. The molecule has 1 heterocycles. The zero-order valence-corrected chi connectivity index (χ0v) is 10.9. The van der Waals surface area contributed by atoms with Gasteiger partial charge in [-0.3, -0.25) is 14.8 Å². The number of anilines is 1. The first-order valence-electron chi connectivity index (χ1n) is 5.97. The number of hydrogen-bond donors (Lipinski definition) is 2. The van der Waals surface area contributed by atoms with Gasteiger partial charge in [-0.15, -0.1) is 0 Å². The molecule has 96 valence electrons. The molecule has 0 aliphatic carbocycles. The molecule has 5 heteroatoms. The monoisotopic (exact) mass is 239 g/mol. The fraction of sp³-hybridized carbons (Fsp3) is 0.667. The third-order valence-electron chi connectivity index (χ3n) is 2.26. The lowest BCUT2D eigenvalue weighted by molar-refractivity contribution is 0.547. The Hall–Kier alpha value is -1.52. The van der Waals surface area contributed by atoms with Crippen LogP contribution in [0.1, 0.15) is 27.7 Å². The zero-order valence-electron chi connectivity index (χ0n) is 10.9. The first-order valence-corrected chi connectivity index (χ1v) is 5.97. The smallest absolute Gasteiger partial charge is 0.327 e. The molecule has 0 saturated heterocycles. The van der Waals surface area contributed by atoms with Crippen molar-refractivity contribution in [1.29, 1.82) is 0 Å². The predicted octanol–water partition coefficient (Wildman–Crippen LogP) is 1.18. The SMILES string of the molecule is CC(C)CN(CC(C)C)c1cc(=O)[nH]c(=O)[nH]1. The highest BCUT2D eigenvalue weighted by atomic mass is 16.2. The first-order chi connectivity index (χ1) is 7.88. The summed E-state index contributed by atoms with van der Waals surface area (Å²) in [6.07, 6.45) is 0. The zero-order chi connectivity index (χ0) is 13.0. The molecule has 2 N–H and O–H groups in total. The first kappa shape index (κ1) is 13.5. The quantitative estimate of drug-likeness (QED) is 0.810. The van der Waals surface area contributed by atoms with Gasteiger partial charge in [0.05, 0.1) is 0 Å². The minimum atomic E-state index is -0.454. The molecule has 0 spiro atoms. The van der Waals surface area contributed by atoms with Crippen LogP contribution in [0.15, 0.2) is 15.7 Å². The molecule has 1 rings (SSSR count). The van der Waals surface area contributed by atoms with Gasteiger partial charge in [0, 0.05) is 19.2 Å². The Morgan fingerprint density at radius 2 is 1.59 bits per heavy atom. The van der Waals surface area contributed by atoms with Crippen LogP contribution in [0.25, 0.3) is 0 Å². The van der Waals surface area contributed by atoms with Gasteiger partial charge in [0.2, 0.25) is 0 Å².